The second-order valence-electron chi connectivity index (χ2n) is 16.4. The molecule has 0 aliphatic rings. The van der Waals surface area contributed by atoms with Gasteiger partial charge in [-0.15, -0.1) is 48.0 Å². The predicted molar refractivity (Wildman–Crippen MR) is 258 cm³/mol. The molecule has 0 spiro atoms. The van der Waals surface area contributed by atoms with Gasteiger partial charge in [-0.2, -0.15) is 0 Å². The van der Waals surface area contributed by atoms with Crippen LogP contribution in [-0.4, -0.2) is 27.6 Å². The monoisotopic (exact) mass is 1030 g/mol. The Balaban J connectivity index is 0.000000258. The van der Waals surface area contributed by atoms with Crippen LogP contribution in [0.3, 0.4) is 0 Å². The Morgan fingerprint density at radius 1 is 0.609 bits per heavy atom. The fraction of sp³-hybridized carbons (Fsp3) is 0.0536. The van der Waals surface area contributed by atoms with Crippen LogP contribution in [-0.2, 0) is 20.1 Å². The van der Waals surface area contributed by atoms with E-state index in [0.29, 0.717) is 28.1 Å². The van der Waals surface area contributed by atoms with Crippen LogP contribution in [0, 0.1) is 17.9 Å². The maximum Gasteiger partial charge on any atom is 0.145 e. The van der Waals surface area contributed by atoms with Gasteiger partial charge in [0.1, 0.15) is 11.4 Å². The van der Waals surface area contributed by atoms with Crippen molar-refractivity contribution >= 4 is 46.4 Å². The predicted octanol–water partition coefficient (Wildman–Crippen LogP) is 14.0. The Morgan fingerprint density at radius 2 is 1.28 bits per heavy atom. The third-order valence-electron chi connectivity index (χ3n) is 11.3. The zero-order valence-electron chi connectivity index (χ0n) is 35.4. The van der Waals surface area contributed by atoms with Gasteiger partial charge >= 0.3 is 0 Å². The molecule has 11 aromatic rings. The van der Waals surface area contributed by atoms with E-state index in [1.165, 1.54) is 17.4 Å². The summed E-state index contributed by atoms with van der Waals surface area (Å²) in [5, 5.41) is 2.19. The van der Waals surface area contributed by atoms with Crippen molar-refractivity contribution in [1.29, 1.82) is 0 Å². The van der Waals surface area contributed by atoms with Crippen LogP contribution in [0.15, 0.2) is 199 Å². The molecule has 0 aliphatic carbocycles. The maximum absolute atomic E-state index is 14.5. The minimum absolute atomic E-state index is 0. The van der Waals surface area contributed by atoms with Crippen LogP contribution in [0.5, 0.6) is 0 Å². The van der Waals surface area contributed by atoms with E-state index in [4.69, 9.17) is 9.40 Å². The Bertz CT molecular complexity index is 3370. The molecule has 0 unspecified atom stereocenters. The Morgan fingerprint density at radius 3 is 1.95 bits per heavy atom. The van der Waals surface area contributed by atoms with Gasteiger partial charge in [0.2, 0.25) is 0 Å². The van der Waals surface area contributed by atoms with E-state index >= 15 is 0 Å². The molecule has 5 nitrogen and oxygen atoms in total. The largest absolute Gasteiger partial charge is 0.499 e. The van der Waals surface area contributed by atoms with Crippen LogP contribution >= 0.6 is 0 Å². The Hall–Kier alpha value is -7.09. The average molecular weight is 1030 g/mol. The number of benzene rings is 7. The molecule has 1 radical (unpaired) electrons. The second kappa shape index (κ2) is 17.9. The maximum atomic E-state index is 14.5. The van der Waals surface area contributed by atoms with E-state index in [0.717, 1.165) is 66.7 Å². The first-order valence-corrected chi connectivity index (χ1v) is 24.4. The van der Waals surface area contributed by atoms with Crippen molar-refractivity contribution in [2.24, 2.45) is 0 Å². The number of hydrogen-bond acceptors (Lipinski definition) is 4. The quantitative estimate of drug-likeness (QED) is 0.118. The molecule has 0 bridgehead atoms. The zero-order valence-corrected chi connectivity index (χ0v) is 38.8. The van der Waals surface area contributed by atoms with Gasteiger partial charge in [-0.1, -0.05) is 158 Å². The van der Waals surface area contributed by atoms with Gasteiger partial charge in [0.15, 0.2) is 0 Å². The van der Waals surface area contributed by atoms with Gasteiger partial charge in [-0.25, -0.2) is 4.39 Å². The summed E-state index contributed by atoms with van der Waals surface area (Å²) in [6, 6.07) is 67.8. The number of rotatable bonds is 7. The number of aromatic nitrogens is 4. The van der Waals surface area contributed by atoms with Gasteiger partial charge in [-0.3, -0.25) is 9.97 Å². The van der Waals surface area contributed by atoms with Crippen LogP contribution in [0.2, 0.25) is 19.6 Å². The fourth-order valence-electron chi connectivity index (χ4n) is 8.05. The number of halogens is 1. The SMILES string of the molecule is C[Si](C)(C)c1ccc(-c2[c-]cccc2)nc1.Fc1cnc2c(c1)oc1c(-c3nc4ccccc4n3-c3ccc(-c4ccccc4)cc3-c3ccccc3)[c-]cc(-c3ccccc3)c12.[Ir]. The molecule has 8 heteroatoms. The summed E-state index contributed by atoms with van der Waals surface area (Å²) >= 11 is 0. The van der Waals surface area contributed by atoms with Crippen LogP contribution < -0.4 is 5.19 Å². The summed E-state index contributed by atoms with van der Waals surface area (Å²) in [7, 11) is -1.23. The van der Waals surface area contributed by atoms with E-state index in [9.17, 15) is 4.39 Å². The number of furan rings is 1. The van der Waals surface area contributed by atoms with Crippen molar-refractivity contribution in [2.75, 3.05) is 0 Å². The molecule has 4 heterocycles. The van der Waals surface area contributed by atoms with Crippen molar-refractivity contribution in [3.8, 4) is 61.7 Å². The Kier molecular flexibility index (Phi) is 11.8. The second-order valence-corrected chi connectivity index (χ2v) is 21.5. The van der Waals surface area contributed by atoms with Crippen molar-refractivity contribution in [3.63, 3.8) is 0 Å². The molecule has 0 saturated carbocycles. The molecule has 0 aliphatic heterocycles. The van der Waals surface area contributed by atoms with E-state index in [-0.39, 0.29) is 20.1 Å². The molecule has 0 N–H and O–H groups in total. The molecule has 0 saturated heterocycles. The number of imidazole rings is 1. The number of para-hydroxylation sites is 2. The standard InChI is InChI=1S/C42H25FN3O.C14H16NSi.Ir/c43-31-25-38-40(44-26-31)39-32(28-14-6-2-7-15-28)21-22-33(41(39)47-38)42-45-35-18-10-11-19-37(35)46(42)36-23-20-30(27-12-4-1-5-13-27)24-34(36)29-16-8-3-9-17-29;1-16(2,3)13-9-10-14(15-11-13)12-7-5-4-6-8-12;/h1-21,23-26H;4-7,9-11H,1-3H3;/q2*-1;. The number of nitrogens with zero attached hydrogens (tertiary/aromatic N) is 4. The van der Waals surface area contributed by atoms with E-state index < -0.39 is 13.9 Å². The smallest absolute Gasteiger partial charge is 0.145 e. The molecule has 0 atom stereocenters. The summed E-state index contributed by atoms with van der Waals surface area (Å²) in [5.74, 6) is 0.210. The third-order valence-corrected chi connectivity index (χ3v) is 13.3. The molecule has 0 amide bonds. The van der Waals surface area contributed by atoms with Crippen LogP contribution in [0.4, 0.5) is 4.39 Å². The summed E-state index contributed by atoms with van der Waals surface area (Å²) in [6.45, 7) is 7.00. The average Bonchev–Trinajstić information content (AvgIpc) is 3.91. The summed E-state index contributed by atoms with van der Waals surface area (Å²) in [5.41, 5.74) is 13.3. The van der Waals surface area contributed by atoms with Crippen LogP contribution in [0.25, 0.3) is 94.8 Å². The van der Waals surface area contributed by atoms with E-state index in [2.05, 4.69) is 131 Å². The summed E-state index contributed by atoms with van der Waals surface area (Å²) < 4.78 is 23.1. The summed E-state index contributed by atoms with van der Waals surface area (Å²) in [6.07, 6.45) is 3.25. The number of pyridine rings is 2. The van der Waals surface area contributed by atoms with Crippen molar-refractivity contribution in [3.05, 3.63) is 212 Å². The van der Waals surface area contributed by atoms with Gasteiger partial charge in [0.25, 0.3) is 0 Å². The number of hydrogen-bond donors (Lipinski definition) is 0. The molecule has 64 heavy (non-hydrogen) atoms. The van der Waals surface area contributed by atoms with Crippen LogP contribution in [0.1, 0.15) is 0 Å². The number of fused-ring (bicyclic) bond motifs is 4. The molecule has 313 valence electrons. The zero-order chi connectivity index (χ0) is 42.9. The van der Waals surface area contributed by atoms with E-state index in [1.807, 2.05) is 97.2 Å². The molecule has 7 aromatic carbocycles. The van der Waals surface area contributed by atoms with Gasteiger partial charge < -0.3 is 14.0 Å². The molecule has 0 fully saturated rings. The minimum atomic E-state index is -1.23. The fourth-order valence-corrected chi connectivity index (χ4v) is 9.09. The van der Waals surface area contributed by atoms with Crippen molar-refractivity contribution in [1.82, 2.24) is 19.5 Å². The molecular formula is C56H41FIrN4OSi-2. The van der Waals surface area contributed by atoms with E-state index in [1.54, 1.807) is 0 Å². The molecular weight excluding hydrogens is 984 g/mol. The van der Waals surface area contributed by atoms with Gasteiger partial charge in [0.05, 0.1) is 42.2 Å². The Labute approximate surface area is 386 Å². The third kappa shape index (κ3) is 8.27. The molecule has 11 rings (SSSR count). The summed E-state index contributed by atoms with van der Waals surface area (Å²) in [4.78, 5) is 14.2. The first-order chi connectivity index (χ1) is 30.8. The minimum Gasteiger partial charge on any atom is -0.499 e. The first-order valence-electron chi connectivity index (χ1n) is 20.9. The topological polar surface area (TPSA) is 56.7 Å². The van der Waals surface area contributed by atoms with Crippen molar-refractivity contribution in [2.45, 2.75) is 19.6 Å². The van der Waals surface area contributed by atoms with Crippen molar-refractivity contribution < 1.29 is 28.9 Å². The molecule has 4 aromatic heterocycles. The first kappa shape index (κ1) is 42.2. The van der Waals surface area contributed by atoms with Gasteiger partial charge in [-0.05, 0) is 57.2 Å². The normalized spacial score (nSPS) is 11.3. The van der Waals surface area contributed by atoms with Gasteiger partial charge in [0, 0.05) is 43.6 Å².